The zero-order valence-corrected chi connectivity index (χ0v) is 10.2. The highest BCUT2D eigenvalue weighted by Gasteiger charge is 2.29. The molecule has 3 rings (SSSR count). The molecule has 0 saturated carbocycles. The maximum absolute atomic E-state index is 12.3. The number of para-hydroxylation sites is 1. The molecule has 0 fully saturated rings. The Labute approximate surface area is 106 Å². The predicted molar refractivity (Wildman–Crippen MR) is 67.4 cm³/mol. The van der Waals surface area contributed by atoms with Crippen molar-refractivity contribution in [3.05, 3.63) is 41.7 Å². The van der Waals surface area contributed by atoms with E-state index in [1.165, 1.54) is 0 Å². The van der Waals surface area contributed by atoms with Gasteiger partial charge in [-0.2, -0.15) is 0 Å². The van der Waals surface area contributed by atoms with Gasteiger partial charge < -0.3 is 9.47 Å². The largest absolute Gasteiger partial charge is 0.493 e. The second kappa shape index (κ2) is 4.84. The van der Waals surface area contributed by atoms with Crippen LogP contribution in [0.1, 0.15) is 18.4 Å². The van der Waals surface area contributed by atoms with Crippen LogP contribution in [0.25, 0.3) is 0 Å². The van der Waals surface area contributed by atoms with Crippen molar-refractivity contribution in [2.75, 3.05) is 13.2 Å². The molecule has 3 nitrogen and oxygen atoms in total. The van der Waals surface area contributed by atoms with Gasteiger partial charge in [-0.05, 0) is 37.0 Å². The number of ketones is 1. The molecule has 0 saturated heterocycles. The van der Waals surface area contributed by atoms with E-state index >= 15 is 0 Å². The lowest BCUT2D eigenvalue weighted by Crippen LogP contribution is -2.30. The van der Waals surface area contributed by atoms with Crippen molar-refractivity contribution < 1.29 is 14.3 Å². The van der Waals surface area contributed by atoms with E-state index in [4.69, 9.17) is 9.47 Å². The van der Waals surface area contributed by atoms with E-state index in [9.17, 15) is 4.79 Å². The van der Waals surface area contributed by atoms with Crippen molar-refractivity contribution in [2.24, 2.45) is 5.92 Å². The molecule has 3 heteroatoms. The molecule has 1 atom stereocenters. The number of fused-ring (bicyclic) bond motifs is 1. The summed E-state index contributed by atoms with van der Waals surface area (Å²) in [6, 6.07) is 7.90. The summed E-state index contributed by atoms with van der Waals surface area (Å²) in [5.74, 6) is 1.42. The summed E-state index contributed by atoms with van der Waals surface area (Å²) in [7, 11) is 0. The molecule has 0 N–H and O–H groups in total. The lowest BCUT2D eigenvalue weighted by Gasteiger charge is -2.25. The Hall–Kier alpha value is -1.77. The van der Waals surface area contributed by atoms with Gasteiger partial charge in [0.25, 0.3) is 0 Å². The van der Waals surface area contributed by atoms with E-state index < -0.39 is 0 Å². The summed E-state index contributed by atoms with van der Waals surface area (Å²) in [5, 5.41) is 0. The van der Waals surface area contributed by atoms with Gasteiger partial charge in [0.1, 0.15) is 5.75 Å². The van der Waals surface area contributed by atoms with E-state index in [2.05, 4.69) is 0 Å². The van der Waals surface area contributed by atoms with Gasteiger partial charge in [-0.1, -0.05) is 18.2 Å². The average Bonchev–Trinajstić information content (AvgIpc) is 2.47. The first kappa shape index (κ1) is 11.3. The molecule has 0 spiro atoms. The Kier molecular flexibility index (Phi) is 3.05. The molecule has 0 amide bonds. The van der Waals surface area contributed by atoms with Crippen molar-refractivity contribution in [1.82, 2.24) is 0 Å². The number of carbonyl (C=O) groups is 1. The van der Waals surface area contributed by atoms with Gasteiger partial charge in [-0.15, -0.1) is 0 Å². The lowest BCUT2D eigenvalue weighted by atomic mass is 9.91. The third-order valence-corrected chi connectivity index (χ3v) is 3.43. The van der Waals surface area contributed by atoms with Gasteiger partial charge in [0.2, 0.25) is 5.78 Å². The fourth-order valence-corrected chi connectivity index (χ4v) is 2.43. The molecule has 2 aliphatic rings. The van der Waals surface area contributed by atoms with Crippen molar-refractivity contribution >= 4 is 5.78 Å². The summed E-state index contributed by atoms with van der Waals surface area (Å²) in [6.07, 6.45) is 4.59. The highest BCUT2D eigenvalue weighted by atomic mass is 16.5. The zero-order chi connectivity index (χ0) is 12.4. The van der Waals surface area contributed by atoms with Gasteiger partial charge in [0.15, 0.2) is 5.76 Å². The average molecular weight is 244 g/mol. The van der Waals surface area contributed by atoms with Gasteiger partial charge in [0.05, 0.1) is 19.1 Å². The molecule has 0 bridgehead atoms. The van der Waals surface area contributed by atoms with Crippen molar-refractivity contribution in [2.45, 2.75) is 19.3 Å². The van der Waals surface area contributed by atoms with Gasteiger partial charge in [-0.25, -0.2) is 0 Å². The second-order valence-electron chi connectivity index (χ2n) is 4.74. The molecular weight excluding hydrogens is 228 g/mol. The third kappa shape index (κ3) is 2.13. The first-order valence-electron chi connectivity index (χ1n) is 6.42. The van der Waals surface area contributed by atoms with Crippen LogP contribution < -0.4 is 4.74 Å². The first-order chi connectivity index (χ1) is 8.84. The SMILES string of the molecule is O=C(C1=CCCCO1)C1COc2ccccc2C1. The summed E-state index contributed by atoms with van der Waals surface area (Å²) in [6.45, 7) is 1.11. The van der Waals surface area contributed by atoms with Gasteiger partial charge in [-0.3, -0.25) is 4.79 Å². The molecule has 1 unspecified atom stereocenters. The number of ether oxygens (including phenoxy) is 2. The molecule has 1 aromatic carbocycles. The molecular formula is C15H16O3. The Bertz CT molecular complexity index is 490. The summed E-state index contributed by atoms with van der Waals surface area (Å²) < 4.78 is 11.1. The van der Waals surface area contributed by atoms with Gasteiger partial charge >= 0.3 is 0 Å². The molecule has 2 heterocycles. The number of hydrogen-bond acceptors (Lipinski definition) is 3. The van der Waals surface area contributed by atoms with Crippen LogP contribution in [0.2, 0.25) is 0 Å². The molecule has 0 aromatic heterocycles. The maximum atomic E-state index is 12.3. The lowest BCUT2D eigenvalue weighted by molar-refractivity contribution is -0.124. The fourth-order valence-electron chi connectivity index (χ4n) is 2.43. The normalized spacial score (nSPS) is 22.2. The van der Waals surface area contributed by atoms with Crippen molar-refractivity contribution in [3.8, 4) is 5.75 Å². The summed E-state index contributed by atoms with van der Waals surface area (Å²) in [4.78, 5) is 12.3. The minimum atomic E-state index is -0.107. The van der Waals surface area contributed by atoms with Crippen LogP contribution in [0, 0.1) is 5.92 Å². The highest BCUT2D eigenvalue weighted by Crippen LogP contribution is 2.29. The van der Waals surface area contributed by atoms with Crippen molar-refractivity contribution in [3.63, 3.8) is 0 Å². The molecule has 94 valence electrons. The minimum absolute atomic E-state index is 0.0872. The smallest absolute Gasteiger partial charge is 0.203 e. The first-order valence-corrected chi connectivity index (χ1v) is 6.42. The summed E-state index contributed by atoms with van der Waals surface area (Å²) >= 11 is 0. The Balaban J connectivity index is 1.75. The Morgan fingerprint density at radius 3 is 2.94 bits per heavy atom. The topological polar surface area (TPSA) is 35.5 Å². The Morgan fingerprint density at radius 1 is 1.22 bits per heavy atom. The molecule has 18 heavy (non-hydrogen) atoms. The monoisotopic (exact) mass is 244 g/mol. The molecule has 2 aliphatic heterocycles. The number of benzene rings is 1. The number of rotatable bonds is 2. The quantitative estimate of drug-likeness (QED) is 0.801. The molecule has 0 aliphatic carbocycles. The van der Waals surface area contributed by atoms with Crippen LogP contribution >= 0.6 is 0 Å². The highest BCUT2D eigenvalue weighted by molar-refractivity contribution is 5.95. The van der Waals surface area contributed by atoms with Crippen LogP contribution in [-0.4, -0.2) is 19.0 Å². The standard InChI is InChI=1S/C15H16O3/c16-15(14-7-3-4-8-17-14)12-9-11-5-1-2-6-13(11)18-10-12/h1-2,5-7,12H,3-4,8-10H2. The van der Waals surface area contributed by atoms with Crippen LogP contribution in [-0.2, 0) is 16.0 Å². The number of Topliss-reactive ketones (excluding diaryl/α,β-unsaturated/α-hetero) is 1. The van der Waals surface area contributed by atoms with E-state index in [1.807, 2.05) is 30.3 Å². The minimum Gasteiger partial charge on any atom is -0.493 e. The fraction of sp³-hybridized carbons (Fsp3) is 0.400. The second-order valence-corrected chi connectivity index (χ2v) is 4.74. The van der Waals surface area contributed by atoms with E-state index in [1.54, 1.807) is 0 Å². The maximum Gasteiger partial charge on any atom is 0.203 e. The van der Waals surface area contributed by atoms with Crippen LogP contribution in [0.4, 0.5) is 0 Å². The van der Waals surface area contributed by atoms with Crippen LogP contribution in [0.15, 0.2) is 36.1 Å². The zero-order valence-electron chi connectivity index (χ0n) is 10.2. The van der Waals surface area contributed by atoms with E-state index in [0.717, 1.165) is 30.6 Å². The molecule has 0 radical (unpaired) electrons. The number of allylic oxidation sites excluding steroid dienone is 2. The number of hydrogen-bond donors (Lipinski definition) is 0. The predicted octanol–water partition coefficient (Wildman–Crippen LogP) is 2.50. The van der Waals surface area contributed by atoms with E-state index in [-0.39, 0.29) is 11.7 Å². The van der Waals surface area contributed by atoms with Gasteiger partial charge in [0, 0.05) is 0 Å². The Morgan fingerprint density at radius 2 is 2.11 bits per heavy atom. The van der Waals surface area contributed by atoms with Crippen LogP contribution in [0.5, 0.6) is 5.75 Å². The summed E-state index contributed by atoms with van der Waals surface area (Å²) in [5.41, 5.74) is 1.11. The third-order valence-electron chi connectivity index (χ3n) is 3.43. The number of carbonyl (C=O) groups excluding carboxylic acids is 1. The van der Waals surface area contributed by atoms with E-state index in [0.29, 0.717) is 19.0 Å². The van der Waals surface area contributed by atoms with Crippen molar-refractivity contribution in [1.29, 1.82) is 0 Å². The molecule has 1 aromatic rings. The van der Waals surface area contributed by atoms with Crippen LogP contribution in [0.3, 0.4) is 0 Å².